The molecule has 2 aliphatic rings. The van der Waals surface area contributed by atoms with Gasteiger partial charge in [0.2, 0.25) is 0 Å². The van der Waals surface area contributed by atoms with Crippen molar-refractivity contribution in [3.63, 3.8) is 0 Å². The molecule has 1 heteroatoms. The third-order valence-corrected chi connectivity index (χ3v) is 6.72. The Morgan fingerprint density at radius 3 is 2.29 bits per heavy atom. The summed E-state index contributed by atoms with van der Waals surface area (Å²) in [5.41, 5.74) is 1.47. The maximum Gasteiger partial charge on any atom is 0.119 e. The van der Waals surface area contributed by atoms with Crippen LogP contribution in [-0.2, 0) is 0 Å². The third-order valence-electron chi connectivity index (χ3n) is 6.72. The Morgan fingerprint density at radius 1 is 0.929 bits per heavy atom. The van der Waals surface area contributed by atoms with Crippen LogP contribution in [0, 0.1) is 29.6 Å². The summed E-state index contributed by atoms with van der Waals surface area (Å²) in [4.78, 5) is 0. The maximum absolute atomic E-state index is 5.56. The standard InChI is InChI=1S/C27H38O/c1-3-7-22-10-12-23(13-11-22)8-5-6-9-24-14-16-25(17-15-24)26-18-20-27(21-19-26)28-4-2/h5,8,18-25H,3-4,7,10-17H2,1-2H3/t22-,23-,24-,25-. The van der Waals surface area contributed by atoms with Crippen LogP contribution >= 0.6 is 0 Å². The number of hydrogen-bond acceptors (Lipinski definition) is 1. The zero-order valence-corrected chi connectivity index (χ0v) is 18.0. The Kier molecular flexibility index (Phi) is 8.53. The van der Waals surface area contributed by atoms with Gasteiger partial charge in [-0.3, -0.25) is 0 Å². The lowest BCUT2D eigenvalue weighted by molar-refractivity contribution is 0.294. The van der Waals surface area contributed by atoms with E-state index in [1.54, 1.807) is 0 Å². The van der Waals surface area contributed by atoms with Gasteiger partial charge in [-0.2, -0.15) is 0 Å². The van der Waals surface area contributed by atoms with Gasteiger partial charge in [0.1, 0.15) is 5.75 Å². The van der Waals surface area contributed by atoms with Crippen molar-refractivity contribution >= 4 is 0 Å². The van der Waals surface area contributed by atoms with Crippen LogP contribution in [0.1, 0.15) is 89.5 Å². The molecule has 2 aliphatic carbocycles. The van der Waals surface area contributed by atoms with E-state index in [-0.39, 0.29) is 0 Å². The molecule has 3 rings (SSSR count). The SMILES string of the molecule is CCC[C@H]1CC[C@H](C=CC#C[C@H]2CC[C@H](c3ccc(OCC)cc3)CC2)CC1. The van der Waals surface area contributed by atoms with E-state index < -0.39 is 0 Å². The lowest BCUT2D eigenvalue weighted by atomic mass is 9.79. The number of rotatable bonds is 6. The van der Waals surface area contributed by atoms with Crippen LogP contribution in [0.3, 0.4) is 0 Å². The van der Waals surface area contributed by atoms with E-state index in [0.29, 0.717) is 11.8 Å². The molecule has 0 radical (unpaired) electrons. The van der Waals surface area contributed by atoms with E-state index in [2.05, 4.69) is 55.2 Å². The van der Waals surface area contributed by atoms with Gasteiger partial charge in [0.15, 0.2) is 0 Å². The summed E-state index contributed by atoms with van der Waals surface area (Å²) >= 11 is 0. The first-order chi connectivity index (χ1) is 13.8. The molecule has 2 saturated carbocycles. The Labute approximate surface area is 173 Å². The molecule has 0 bridgehead atoms. The highest BCUT2D eigenvalue weighted by Crippen LogP contribution is 2.36. The first-order valence-corrected chi connectivity index (χ1v) is 11.7. The molecular weight excluding hydrogens is 340 g/mol. The zero-order valence-electron chi connectivity index (χ0n) is 18.0. The van der Waals surface area contributed by atoms with Crippen LogP contribution in [0.4, 0.5) is 0 Å². The highest BCUT2D eigenvalue weighted by molar-refractivity contribution is 5.30. The van der Waals surface area contributed by atoms with Gasteiger partial charge in [0.05, 0.1) is 6.61 Å². The Hall–Kier alpha value is -1.68. The van der Waals surface area contributed by atoms with Gasteiger partial charge >= 0.3 is 0 Å². The summed E-state index contributed by atoms with van der Waals surface area (Å²) in [6.45, 7) is 5.08. The second kappa shape index (κ2) is 11.4. The molecule has 0 aliphatic heterocycles. The van der Waals surface area contributed by atoms with Gasteiger partial charge in [-0.15, -0.1) is 0 Å². The molecule has 0 unspecified atom stereocenters. The molecule has 0 saturated heterocycles. The van der Waals surface area contributed by atoms with Crippen LogP contribution in [0.2, 0.25) is 0 Å². The molecule has 28 heavy (non-hydrogen) atoms. The molecule has 0 heterocycles. The molecule has 0 N–H and O–H groups in total. The second-order valence-electron chi connectivity index (χ2n) is 8.77. The average molecular weight is 379 g/mol. The molecule has 2 fully saturated rings. The largest absolute Gasteiger partial charge is 0.494 e. The smallest absolute Gasteiger partial charge is 0.119 e. The fraction of sp³-hybridized carbons (Fsp3) is 0.630. The lowest BCUT2D eigenvalue weighted by Gasteiger charge is -2.26. The minimum atomic E-state index is 0.587. The Morgan fingerprint density at radius 2 is 1.64 bits per heavy atom. The molecule has 1 aromatic rings. The summed E-state index contributed by atoms with van der Waals surface area (Å²) < 4.78 is 5.56. The van der Waals surface area contributed by atoms with Crippen LogP contribution < -0.4 is 4.74 Å². The molecule has 0 amide bonds. The summed E-state index contributed by atoms with van der Waals surface area (Å²) in [6.07, 6.45) is 17.9. The minimum Gasteiger partial charge on any atom is -0.494 e. The highest BCUT2D eigenvalue weighted by Gasteiger charge is 2.21. The highest BCUT2D eigenvalue weighted by atomic mass is 16.5. The maximum atomic E-state index is 5.56. The van der Waals surface area contributed by atoms with Crippen molar-refractivity contribution < 1.29 is 4.74 Å². The Bertz CT molecular complexity index is 644. The Balaban J connectivity index is 1.39. The molecule has 0 aromatic heterocycles. The number of allylic oxidation sites excluding steroid dienone is 2. The van der Waals surface area contributed by atoms with Crippen molar-refractivity contribution in [2.45, 2.75) is 84.0 Å². The molecule has 152 valence electrons. The van der Waals surface area contributed by atoms with E-state index in [1.807, 2.05) is 6.92 Å². The van der Waals surface area contributed by atoms with E-state index in [9.17, 15) is 0 Å². The van der Waals surface area contributed by atoms with Gasteiger partial charge in [0.25, 0.3) is 0 Å². The summed E-state index contributed by atoms with van der Waals surface area (Å²) in [6, 6.07) is 8.73. The number of benzene rings is 1. The summed E-state index contributed by atoms with van der Waals surface area (Å²) in [5.74, 6) is 10.9. The van der Waals surface area contributed by atoms with Gasteiger partial charge in [-0.1, -0.05) is 49.8 Å². The minimum absolute atomic E-state index is 0.587. The normalized spacial score (nSPS) is 27.9. The third kappa shape index (κ3) is 6.44. The van der Waals surface area contributed by atoms with Gasteiger partial charge in [0, 0.05) is 5.92 Å². The van der Waals surface area contributed by atoms with Crippen molar-refractivity contribution in [2.24, 2.45) is 17.8 Å². The molecule has 1 nitrogen and oxygen atoms in total. The van der Waals surface area contributed by atoms with E-state index >= 15 is 0 Å². The summed E-state index contributed by atoms with van der Waals surface area (Å²) in [5, 5.41) is 0. The topological polar surface area (TPSA) is 9.23 Å². The van der Waals surface area contributed by atoms with E-state index in [1.165, 1.54) is 69.8 Å². The van der Waals surface area contributed by atoms with Crippen molar-refractivity contribution in [3.05, 3.63) is 42.0 Å². The number of ether oxygens (including phenoxy) is 1. The van der Waals surface area contributed by atoms with Crippen LogP contribution in [0.15, 0.2) is 36.4 Å². The van der Waals surface area contributed by atoms with Gasteiger partial charge in [-0.25, -0.2) is 0 Å². The molecule has 0 atom stereocenters. The molecular formula is C27H38O. The quantitative estimate of drug-likeness (QED) is 0.465. The predicted molar refractivity (Wildman–Crippen MR) is 120 cm³/mol. The monoisotopic (exact) mass is 378 g/mol. The number of hydrogen-bond donors (Lipinski definition) is 0. The van der Waals surface area contributed by atoms with Crippen molar-refractivity contribution in [1.29, 1.82) is 0 Å². The van der Waals surface area contributed by atoms with Crippen LogP contribution in [-0.4, -0.2) is 6.61 Å². The first kappa shape index (κ1) is 21.0. The fourth-order valence-electron chi connectivity index (χ4n) is 5.00. The van der Waals surface area contributed by atoms with Gasteiger partial charge in [-0.05, 0) is 99.8 Å². The van der Waals surface area contributed by atoms with Crippen molar-refractivity contribution in [1.82, 2.24) is 0 Å². The van der Waals surface area contributed by atoms with Crippen molar-refractivity contribution in [3.8, 4) is 17.6 Å². The van der Waals surface area contributed by atoms with E-state index in [0.717, 1.165) is 24.2 Å². The van der Waals surface area contributed by atoms with Gasteiger partial charge < -0.3 is 4.74 Å². The molecule has 0 spiro atoms. The average Bonchev–Trinajstić information content (AvgIpc) is 2.74. The van der Waals surface area contributed by atoms with E-state index in [4.69, 9.17) is 4.74 Å². The molecule has 1 aromatic carbocycles. The summed E-state index contributed by atoms with van der Waals surface area (Å²) in [7, 11) is 0. The zero-order chi connectivity index (χ0) is 19.6. The van der Waals surface area contributed by atoms with Crippen LogP contribution in [0.25, 0.3) is 0 Å². The first-order valence-electron chi connectivity index (χ1n) is 11.7. The predicted octanol–water partition coefficient (Wildman–Crippen LogP) is 7.53. The van der Waals surface area contributed by atoms with Crippen molar-refractivity contribution in [2.75, 3.05) is 6.61 Å². The second-order valence-corrected chi connectivity index (χ2v) is 8.77. The fourth-order valence-corrected chi connectivity index (χ4v) is 5.00. The van der Waals surface area contributed by atoms with Crippen LogP contribution in [0.5, 0.6) is 5.75 Å². The lowest BCUT2D eigenvalue weighted by Crippen LogP contribution is -2.12.